The zero-order valence-electron chi connectivity index (χ0n) is 15.2. The molecule has 4 nitrogen and oxygen atoms in total. The molecule has 0 bridgehead atoms. The molecule has 3 aromatic rings. The fourth-order valence-corrected chi connectivity index (χ4v) is 4.62. The molecule has 6 heteroatoms. The van der Waals surface area contributed by atoms with Crippen molar-refractivity contribution in [1.82, 2.24) is 9.80 Å². The molecule has 0 radical (unpaired) electrons. The third-order valence-electron chi connectivity index (χ3n) is 4.97. The molecule has 140 valence electrons. The summed E-state index contributed by atoms with van der Waals surface area (Å²) in [5, 5.41) is 2.13. The zero-order valence-corrected chi connectivity index (χ0v) is 16.7. The van der Waals surface area contributed by atoms with Gasteiger partial charge in [-0.2, -0.15) is 0 Å². The second-order valence-corrected chi connectivity index (χ2v) is 8.47. The molecule has 1 aliphatic rings. The second-order valence-electron chi connectivity index (χ2n) is 6.67. The van der Waals surface area contributed by atoms with Gasteiger partial charge in [0.05, 0.1) is 17.0 Å². The van der Waals surface area contributed by atoms with E-state index in [0.717, 1.165) is 34.7 Å². The van der Waals surface area contributed by atoms with Crippen LogP contribution in [0.15, 0.2) is 48.5 Å². The maximum atomic E-state index is 13.1. The van der Waals surface area contributed by atoms with Gasteiger partial charge in [0.2, 0.25) is 0 Å². The Kier molecular flexibility index (Phi) is 5.34. The van der Waals surface area contributed by atoms with Crippen LogP contribution >= 0.6 is 22.9 Å². The number of benzene rings is 2. The van der Waals surface area contributed by atoms with Gasteiger partial charge >= 0.3 is 0 Å². The number of halogens is 1. The molecule has 1 aliphatic heterocycles. The van der Waals surface area contributed by atoms with Crippen LogP contribution in [0.2, 0.25) is 4.34 Å². The number of hydrogen-bond acceptors (Lipinski definition) is 4. The highest BCUT2D eigenvalue weighted by molar-refractivity contribution is 7.16. The number of rotatable bonds is 4. The lowest BCUT2D eigenvalue weighted by atomic mass is 10.0. The van der Waals surface area contributed by atoms with Gasteiger partial charge in [-0.1, -0.05) is 35.9 Å². The first-order valence-electron chi connectivity index (χ1n) is 8.96. The van der Waals surface area contributed by atoms with Gasteiger partial charge in [-0.3, -0.25) is 9.69 Å². The Labute approximate surface area is 167 Å². The molecule has 2 heterocycles. The van der Waals surface area contributed by atoms with Crippen LogP contribution < -0.4 is 4.74 Å². The van der Waals surface area contributed by atoms with E-state index >= 15 is 0 Å². The first-order valence-corrected chi connectivity index (χ1v) is 10.2. The largest absolute Gasteiger partial charge is 0.496 e. The van der Waals surface area contributed by atoms with E-state index in [9.17, 15) is 4.79 Å². The Morgan fingerprint density at radius 2 is 1.78 bits per heavy atom. The third-order valence-corrected chi connectivity index (χ3v) is 6.18. The van der Waals surface area contributed by atoms with Crippen molar-refractivity contribution in [3.05, 3.63) is 63.3 Å². The van der Waals surface area contributed by atoms with Gasteiger partial charge in [-0.15, -0.1) is 11.3 Å². The average Bonchev–Trinajstić information content (AvgIpc) is 3.11. The van der Waals surface area contributed by atoms with Gasteiger partial charge in [0, 0.05) is 37.6 Å². The normalized spacial score (nSPS) is 15.3. The van der Waals surface area contributed by atoms with Crippen molar-refractivity contribution in [2.45, 2.75) is 6.54 Å². The summed E-state index contributed by atoms with van der Waals surface area (Å²) in [5.74, 6) is 0.672. The van der Waals surface area contributed by atoms with Gasteiger partial charge < -0.3 is 9.64 Å². The van der Waals surface area contributed by atoms with Crippen LogP contribution in [0.5, 0.6) is 5.75 Å². The molecule has 2 aromatic carbocycles. The van der Waals surface area contributed by atoms with Crippen LogP contribution in [0.4, 0.5) is 0 Å². The number of carbonyl (C=O) groups is 1. The van der Waals surface area contributed by atoms with Crippen LogP contribution in [-0.2, 0) is 6.54 Å². The number of methoxy groups -OCH3 is 1. The Bertz CT molecular complexity index is 964. The average molecular weight is 401 g/mol. The molecular weight excluding hydrogens is 380 g/mol. The van der Waals surface area contributed by atoms with Crippen molar-refractivity contribution >= 4 is 39.6 Å². The number of fused-ring (bicyclic) bond motifs is 1. The second kappa shape index (κ2) is 7.89. The van der Waals surface area contributed by atoms with Gasteiger partial charge in [-0.05, 0) is 35.0 Å². The maximum absolute atomic E-state index is 13.1. The molecular formula is C21H21ClN2O2S. The van der Waals surface area contributed by atoms with Crippen LogP contribution in [-0.4, -0.2) is 49.0 Å². The van der Waals surface area contributed by atoms with Gasteiger partial charge in [0.1, 0.15) is 5.75 Å². The first-order chi connectivity index (χ1) is 13.1. The minimum Gasteiger partial charge on any atom is -0.496 e. The van der Waals surface area contributed by atoms with E-state index in [-0.39, 0.29) is 5.91 Å². The van der Waals surface area contributed by atoms with E-state index in [2.05, 4.69) is 11.0 Å². The number of ether oxygens (including phenoxy) is 1. The molecule has 1 aromatic heterocycles. The number of hydrogen-bond donors (Lipinski definition) is 0. The molecule has 0 saturated carbocycles. The SMILES string of the molecule is COc1cc2ccccc2cc1C(=O)N1CCN(Cc2ccc(Cl)s2)CC1. The molecule has 1 saturated heterocycles. The summed E-state index contributed by atoms with van der Waals surface area (Å²) < 4.78 is 6.32. The molecule has 1 amide bonds. The van der Waals surface area contributed by atoms with E-state index in [1.807, 2.05) is 47.4 Å². The third kappa shape index (κ3) is 3.95. The fraction of sp³-hybridized carbons (Fsp3) is 0.286. The van der Waals surface area contributed by atoms with Crippen molar-refractivity contribution in [3.8, 4) is 5.75 Å². The van der Waals surface area contributed by atoms with Crippen molar-refractivity contribution in [3.63, 3.8) is 0 Å². The summed E-state index contributed by atoms with van der Waals surface area (Å²) in [5.41, 5.74) is 0.634. The van der Waals surface area contributed by atoms with E-state index in [4.69, 9.17) is 16.3 Å². The van der Waals surface area contributed by atoms with E-state index in [1.165, 1.54) is 4.88 Å². The minimum absolute atomic E-state index is 0.0384. The summed E-state index contributed by atoms with van der Waals surface area (Å²) in [6.07, 6.45) is 0. The van der Waals surface area contributed by atoms with Crippen molar-refractivity contribution in [2.75, 3.05) is 33.3 Å². The first kappa shape index (κ1) is 18.3. The van der Waals surface area contributed by atoms with Gasteiger partial charge in [0.25, 0.3) is 5.91 Å². The number of nitrogens with zero attached hydrogens (tertiary/aromatic N) is 2. The fourth-order valence-electron chi connectivity index (χ4n) is 3.49. The lowest BCUT2D eigenvalue weighted by Crippen LogP contribution is -2.48. The minimum atomic E-state index is 0.0384. The van der Waals surface area contributed by atoms with Crippen molar-refractivity contribution < 1.29 is 9.53 Å². The van der Waals surface area contributed by atoms with Crippen molar-refractivity contribution in [2.24, 2.45) is 0 Å². The smallest absolute Gasteiger partial charge is 0.257 e. The zero-order chi connectivity index (χ0) is 18.8. The molecule has 4 rings (SSSR count). The number of carbonyl (C=O) groups excluding carboxylic acids is 1. The number of amides is 1. The molecule has 27 heavy (non-hydrogen) atoms. The van der Waals surface area contributed by atoms with Crippen LogP contribution in [0.3, 0.4) is 0 Å². The quantitative estimate of drug-likeness (QED) is 0.645. The summed E-state index contributed by atoms with van der Waals surface area (Å²) >= 11 is 7.63. The highest BCUT2D eigenvalue weighted by Crippen LogP contribution is 2.28. The Balaban J connectivity index is 1.47. The molecule has 0 unspecified atom stereocenters. The van der Waals surface area contributed by atoms with Crippen LogP contribution in [0, 0.1) is 0 Å². The van der Waals surface area contributed by atoms with Gasteiger partial charge in [0.15, 0.2) is 0 Å². The lowest BCUT2D eigenvalue weighted by Gasteiger charge is -2.34. The summed E-state index contributed by atoms with van der Waals surface area (Å²) in [6.45, 7) is 4.04. The Morgan fingerprint density at radius 1 is 1.07 bits per heavy atom. The van der Waals surface area contributed by atoms with E-state index in [1.54, 1.807) is 18.4 Å². The monoisotopic (exact) mass is 400 g/mol. The predicted molar refractivity (Wildman–Crippen MR) is 111 cm³/mol. The van der Waals surface area contributed by atoms with Crippen LogP contribution in [0.25, 0.3) is 10.8 Å². The Hall–Kier alpha value is -2.08. The Morgan fingerprint density at radius 3 is 2.41 bits per heavy atom. The summed E-state index contributed by atoms with van der Waals surface area (Å²) in [4.78, 5) is 18.6. The van der Waals surface area contributed by atoms with E-state index < -0.39 is 0 Å². The highest BCUT2D eigenvalue weighted by Gasteiger charge is 2.25. The molecule has 1 fully saturated rings. The maximum Gasteiger partial charge on any atom is 0.257 e. The van der Waals surface area contributed by atoms with Crippen molar-refractivity contribution in [1.29, 1.82) is 0 Å². The standard InChI is InChI=1S/C21H21ClN2O2S/c1-26-19-13-16-5-3-2-4-15(16)12-18(19)21(25)24-10-8-23(9-11-24)14-17-6-7-20(22)27-17/h2-7,12-13H,8-11,14H2,1H3. The molecule has 0 N–H and O–H groups in total. The molecule has 0 aliphatic carbocycles. The van der Waals surface area contributed by atoms with Gasteiger partial charge in [-0.25, -0.2) is 0 Å². The van der Waals surface area contributed by atoms with E-state index in [0.29, 0.717) is 24.4 Å². The van der Waals surface area contributed by atoms with Crippen LogP contribution in [0.1, 0.15) is 15.2 Å². The number of piperazine rings is 1. The molecule has 0 spiro atoms. The highest BCUT2D eigenvalue weighted by atomic mass is 35.5. The predicted octanol–water partition coefficient (Wildman–Crippen LogP) is 4.52. The number of thiophene rings is 1. The molecule has 0 atom stereocenters. The summed E-state index contributed by atoms with van der Waals surface area (Å²) in [7, 11) is 1.62. The summed E-state index contributed by atoms with van der Waals surface area (Å²) in [6, 6.07) is 15.9. The lowest BCUT2D eigenvalue weighted by molar-refractivity contribution is 0.0626. The topological polar surface area (TPSA) is 32.8 Å².